The van der Waals surface area contributed by atoms with Crippen LogP contribution in [0.25, 0.3) is 0 Å². The molecule has 1 rings (SSSR count). The molecule has 17 heavy (non-hydrogen) atoms. The smallest absolute Gasteiger partial charge is 0.245 e. The van der Waals surface area contributed by atoms with Gasteiger partial charge < -0.3 is 15.0 Å². The SMILES string of the molecule is CCCC1NC(=O)CN(CC(C)(C)OC)C1=O. The van der Waals surface area contributed by atoms with Gasteiger partial charge in [-0.05, 0) is 20.3 Å². The Kier molecular flexibility index (Phi) is 4.51. The first-order valence-electron chi connectivity index (χ1n) is 6.03. The van der Waals surface area contributed by atoms with Gasteiger partial charge in [0.05, 0.1) is 12.1 Å². The van der Waals surface area contributed by atoms with Crippen molar-refractivity contribution >= 4 is 11.8 Å². The van der Waals surface area contributed by atoms with Crippen molar-refractivity contribution in [2.45, 2.75) is 45.3 Å². The highest BCUT2D eigenvalue weighted by atomic mass is 16.5. The van der Waals surface area contributed by atoms with E-state index in [4.69, 9.17) is 4.74 Å². The van der Waals surface area contributed by atoms with E-state index >= 15 is 0 Å². The number of rotatable bonds is 5. The number of methoxy groups -OCH3 is 1. The highest BCUT2D eigenvalue weighted by Gasteiger charge is 2.34. The van der Waals surface area contributed by atoms with E-state index in [1.54, 1.807) is 12.0 Å². The molecule has 98 valence electrons. The van der Waals surface area contributed by atoms with Gasteiger partial charge in [0.25, 0.3) is 0 Å². The number of hydrogen-bond donors (Lipinski definition) is 1. The van der Waals surface area contributed by atoms with Crippen LogP contribution in [0.5, 0.6) is 0 Å². The maximum Gasteiger partial charge on any atom is 0.245 e. The topological polar surface area (TPSA) is 58.6 Å². The van der Waals surface area contributed by atoms with Crippen molar-refractivity contribution in [1.29, 1.82) is 0 Å². The molecule has 1 aliphatic rings. The van der Waals surface area contributed by atoms with Gasteiger partial charge in [0.1, 0.15) is 6.04 Å². The Hall–Kier alpha value is -1.10. The molecule has 1 aliphatic heterocycles. The number of hydrogen-bond acceptors (Lipinski definition) is 3. The number of carbonyl (C=O) groups is 2. The van der Waals surface area contributed by atoms with Crippen LogP contribution in [0, 0.1) is 0 Å². The van der Waals surface area contributed by atoms with Crippen LogP contribution in [0.3, 0.4) is 0 Å². The molecule has 2 amide bonds. The lowest BCUT2D eigenvalue weighted by Crippen LogP contribution is -2.60. The molecule has 1 fully saturated rings. The van der Waals surface area contributed by atoms with Gasteiger partial charge in [0, 0.05) is 13.7 Å². The lowest BCUT2D eigenvalue weighted by Gasteiger charge is -2.37. The molecule has 0 bridgehead atoms. The monoisotopic (exact) mass is 242 g/mol. The minimum Gasteiger partial charge on any atom is -0.377 e. The fourth-order valence-electron chi connectivity index (χ4n) is 1.92. The van der Waals surface area contributed by atoms with Crippen LogP contribution in [0.2, 0.25) is 0 Å². The summed E-state index contributed by atoms with van der Waals surface area (Å²) >= 11 is 0. The van der Waals surface area contributed by atoms with Gasteiger partial charge >= 0.3 is 0 Å². The molecule has 0 saturated carbocycles. The number of nitrogens with zero attached hydrogens (tertiary/aromatic N) is 1. The third kappa shape index (κ3) is 3.70. The lowest BCUT2D eigenvalue weighted by molar-refractivity contribution is -0.147. The summed E-state index contributed by atoms with van der Waals surface area (Å²) in [4.78, 5) is 25.2. The second kappa shape index (κ2) is 5.49. The van der Waals surface area contributed by atoms with Crippen molar-refractivity contribution in [1.82, 2.24) is 10.2 Å². The van der Waals surface area contributed by atoms with Gasteiger partial charge in [-0.2, -0.15) is 0 Å². The summed E-state index contributed by atoms with van der Waals surface area (Å²) in [6.45, 7) is 6.38. The Balaban J connectivity index is 2.71. The number of carbonyl (C=O) groups excluding carboxylic acids is 2. The van der Waals surface area contributed by atoms with Crippen molar-refractivity contribution in [3.05, 3.63) is 0 Å². The molecule has 0 aromatic carbocycles. The van der Waals surface area contributed by atoms with Crippen LogP contribution in [0.15, 0.2) is 0 Å². The van der Waals surface area contributed by atoms with Gasteiger partial charge in [-0.15, -0.1) is 0 Å². The normalized spacial score (nSPS) is 21.6. The largest absolute Gasteiger partial charge is 0.377 e. The maximum absolute atomic E-state index is 12.1. The predicted octanol–water partition coefficient (Wildman–Crippen LogP) is 0.538. The molecule has 0 radical (unpaired) electrons. The Morgan fingerprint density at radius 1 is 1.47 bits per heavy atom. The first kappa shape index (κ1) is 14.0. The van der Waals surface area contributed by atoms with Crippen molar-refractivity contribution in [2.75, 3.05) is 20.2 Å². The molecule has 0 spiro atoms. The Bertz CT molecular complexity index is 302. The second-order valence-corrected chi connectivity index (χ2v) is 5.07. The first-order chi connectivity index (χ1) is 7.89. The number of ether oxygens (including phenoxy) is 1. The third-order valence-corrected chi connectivity index (χ3v) is 2.98. The van der Waals surface area contributed by atoms with E-state index in [2.05, 4.69) is 5.32 Å². The van der Waals surface area contributed by atoms with Crippen LogP contribution in [0.1, 0.15) is 33.6 Å². The lowest BCUT2D eigenvalue weighted by atomic mass is 10.0. The standard InChI is InChI=1S/C12H22N2O3/c1-5-6-9-11(16)14(7-10(15)13-9)8-12(2,3)17-4/h9H,5-8H2,1-4H3,(H,13,15). The zero-order valence-corrected chi connectivity index (χ0v) is 11.1. The van der Waals surface area contributed by atoms with E-state index in [0.717, 1.165) is 6.42 Å². The van der Waals surface area contributed by atoms with E-state index in [0.29, 0.717) is 13.0 Å². The molecule has 0 aromatic rings. The molecule has 5 nitrogen and oxygen atoms in total. The zero-order chi connectivity index (χ0) is 13.1. The molecule has 1 saturated heterocycles. The van der Waals surface area contributed by atoms with E-state index < -0.39 is 5.60 Å². The molecule has 1 unspecified atom stereocenters. The quantitative estimate of drug-likeness (QED) is 0.765. The second-order valence-electron chi connectivity index (χ2n) is 5.07. The zero-order valence-electron chi connectivity index (χ0n) is 11.1. The summed E-state index contributed by atoms with van der Waals surface area (Å²) in [5.41, 5.74) is -0.427. The van der Waals surface area contributed by atoms with Crippen LogP contribution in [-0.4, -0.2) is 48.6 Å². The minimum absolute atomic E-state index is 0.00317. The van der Waals surface area contributed by atoms with E-state index in [1.165, 1.54) is 0 Å². The van der Waals surface area contributed by atoms with Gasteiger partial charge in [-0.3, -0.25) is 9.59 Å². The molecule has 0 aromatic heterocycles. The summed E-state index contributed by atoms with van der Waals surface area (Å²) < 4.78 is 5.29. The van der Waals surface area contributed by atoms with Crippen LogP contribution >= 0.6 is 0 Å². The fourth-order valence-corrected chi connectivity index (χ4v) is 1.92. The van der Waals surface area contributed by atoms with Gasteiger partial charge in [-0.25, -0.2) is 0 Å². The first-order valence-corrected chi connectivity index (χ1v) is 6.03. The number of amides is 2. The summed E-state index contributed by atoms with van der Waals surface area (Å²) in [5.74, 6) is -0.0912. The van der Waals surface area contributed by atoms with E-state index in [9.17, 15) is 9.59 Å². The Morgan fingerprint density at radius 2 is 2.12 bits per heavy atom. The van der Waals surface area contributed by atoms with Gasteiger partial charge in [-0.1, -0.05) is 13.3 Å². The molecular weight excluding hydrogens is 220 g/mol. The third-order valence-electron chi connectivity index (χ3n) is 2.98. The minimum atomic E-state index is -0.427. The van der Waals surface area contributed by atoms with Crippen molar-refractivity contribution in [3.63, 3.8) is 0 Å². The molecule has 1 N–H and O–H groups in total. The number of nitrogens with one attached hydrogen (secondary N) is 1. The fraction of sp³-hybridized carbons (Fsp3) is 0.833. The van der Waals surface area contributed by atoms with Crippen molar-refractivity contribution in [3.8, 4) is 0 Å². The van der Waals surface area contributed by atoms with Crippen LogP contribution in [-0.2, 0) is 14.3 Å². The predicted molar refractivity (Wildman–Crippen MR) is 64.5 cm³/mol. The van der Waals surface area contributed by atoms with Crippen LogP contribution < -0.4 is 5.32 Å². The molecule has 5 heteroatoms. The van der Waals surface area contributed by atoms with Gasteiger partial charge in [0.15, 0.2) is 0 Å². The van der Waals surface area contributed by atoms with Crippen LogP contribution in [0.4, 0.5) is 0 Å². The van der Waals surface area contributed by atoms with Gasteiger partial charge in [0.2, 0.25) is 11.8 Å². The average molecular weight is 242 g/mol. The summed E-state index contributed by atoms with van der Waals surface area (Å²) in [5, 5.41) is 2.73. The number of piperazine rings is 1. The molecular formula is C12H22N2O3. The molecule has 0 aliphatic carbocycles. The Morgan fingerprint density at radius 3 is 2.65 bits per heavy atom. The highest BCUT2D eigenvalue weighted by molar-refractivity contribution is 5.94. The molecule has 1 heterocycles. The van der Waals surface area contributed by atoms with E-state index in [-0.39, 0.29) is 24.4 Å². The maximum atomic E-state index is 12.1. The summed E-state index contributed by atoms with van der Waals surface area (Å²) in [6.07, 6.45) is 1.56. The average Bonchev–Trinajstić information content (AvgIpc) is 2.25. The van der Waals surface area contributed by atoms with E-state index in [1.807, 2.05) is 20.8 Å². The summed E-state index contributed by atoms with van der Waals surface area (Å²) in [7, 11) is 1.61. The highest BCUT2D eigenvalue weighted by Crippen LogP contribution is 2.14. The van der Waals surface area contributed by atoms with Crippen molar-refractivity contribution < 1.29 is 14.3 Å². The summed E-state index contributed by atoms with van der Waals surface area (Å²) in [6, 6.07) is -0.367. The Labute approximate surface area is 102 Å². The molecule has 1 atom stereocenters. The van der Waals surface area contributed by atoms with Crippen molar-refractivity contribution in [2.24, 2.45) is 0 Å².